The number of anilines is 1. The van der Waals surface area contributed by atoms with Gasteiger partial charge in [0.05, 0.1) is 16.4 Å². The molecule has 90 valence electrons. The number of nitrogens with one attached hydrogen (secondary N) is 1. The van der Waals surface area contributed by atoms with E-state index in [1.807, 2.05) is 18.4 Å². The van der Waals surface area contributed by atoms with E-state index in [2.05, 4.69) is 10.3 Å². The molecule has 0 spiro atoms. The maximum absolute atomic E-state index is 13.2. The Morgan fingerprint density at radius 1 is 1.41 bits per heavy atom. The molecule has 5 heteroatoms. The average Bonchev–Trinajstić information content (AvgIpc) is 2.70. The van der Waals surface area contributed by atoms with Gasteiger partial charge < -0.3 is 11.1 Å². The number of nitrogen functional groups attached to an aromatic ring is 1. The summed E-state index contributed by atoms with van der Waals surface area (Å²) < 4.78 is 13.2. The zero-order chi connectivity index (χ0) is 12.3. The zero-order valence-electron chi connectivity index (χ0n) is 9.53. The maximum Gasteiger partial charge on any atom is 0.146 e. The lowest BCUT2D eigenvalue weighted by Crippen LogP contribution is -2.14. The smallest absolute Gasteiger partial charge is 0.146 e. The summed E-state index contributed by atoms with van der Waals surface area (Å²) in [5, 5.41) is 6.26. The molecule has 0 aliphatic carbocycles. The number of para-hydroxylation sites is 1. The Labute approximate surface area is 103 Å². The fraction of sp³-hybridized carbons (Fsp3) is 0.250. The molecule has 0 amide bonds. The molecule has 3 nitrogen and oxygen atoms in total. The fourth-order valence-electron chi connectivity index (χ4n) is 1.55. The minimum absolute atomic E-state index is 0.217. The van der Waals surface area contributed by atoms with Crippen LogP contribution in [-0.4, -0.2) is 4.98 Å². The van der Waals surface area contributed by atoms with E-state index in [0.717, 1.165) is 16.3 Å². The largest absolute Gasteiger partial charge is 0.396 e. The summed E-state index contributed by atoms with van der Waals surface area (Å²) in [6, 6.07) is 4.84. The minimum Gasteiger partial charge on any atom is -0.396 e. The van der Waals surface area contributed by atoms with Crippen molar-refractivity contribution in [3.05, 3.63) is 45.7 Å². The highest BCUT2D eigenvalue weighted by Gasteiger charge is 2.04. The molecule has 0 bridgehead atoms. The molecule has 0 saturated carbocycles. The van der Waals surface area contributed by atoms with Crippen molar-refractivity contribution < 1.29 is 4.39 Å². The van der Waals surface area contributed by atoms with Crippen molar-refractivity contribution >= 4 is 17.0 Å². The topological polar surface area (TPSA) is 50.9 Å². The van der Waals surface area contributed by atoms with Crippen molar-refractivity contribution in [2.45, 2.75) is 20.0 Å². The second-order valence-electron chi connectivity index (χ2n) is 3.77. The van der Waals surface area contributed by atoms with Gasteiger partial charge in [-0.25, -0.2) is 9.37 Å². The van der Waals surface area contributed by atoms with E-state index in [4.69, 9.17) is 5.73 Å². The minimum atomic E-state index is -0.367. The fourth-order valence-corrected chi connectivity index (χ4v) is 2.16. The Bertz CT molecular complexity index is 510. The number of aryl methyl sites for hydroxylation is 1. The van der Waals surface area contributed by atoms with E-state index < -0.39 is 0 Å². The first-order valence-corrected chi connectivity index (χ1v) is 6.19. The molecule has 0 fully saturated rings. The summed E-state index contributed by atoms with van der Waals surface area (Å²) in [4.78, 5) is 4.33. The lowest BCUT2D eigenvalue weighted by Gasteiger charge is -2.07. The molecule has 2 rings (SSSR count). The first kappa shape index (κ1) is 12.0. The summed E-state index contributed by atoms with van der Waals surface area (Å²) in [7, 11) is 0. The van der Waals surface area contributed by atoms with Gasteiger partial charge in [0.1, 0.15) is 5.82 Å². The highest BCUT2D eigenvalue weighted by molar-refractivity contribution is 7.09. The van der Waals surface area contributed by atoms with Crippen LogP contribution < -0.4 is 11.1 Å². The quantitative estimate of drug-likeness (QED) is 0.821. The molecule has 0 unspecified atom stereocenters. The number of hydrogen-bond donors (Lipinski definition) is 2. The summed E-state index contributed by atoms with van der Waals surface area (Å²) in [6.45, 7) is 3.18. The molecule has 0 aliphatic heterocycles. The molecule has 1 heterocycles. The van der Waals surface area contributed by atoms with Crippen LogP contribution in [0.1, 0.15) is 16.3 Å². The van der Waals surface area contributed by atoms with Crippen LogP contribution in [0.5, 0.6) is 0 Å². The molecule has 0 saturated heterocycles. The second kappa shape index (κ2) is 5.25. The van der Waals surface area contributed by atoms with Crippen molar-refractivity contribution in [2.24, 2.45) is 0 Å². The Hall–Kier alpha value is -1.46. The predicted octanol–water partition coefficient (Wildman–Crippen LogP) is 2.46. The van der Waals surface area contributed by atoms with Crippen molar-refractivity contribution in [3.8, 4) is 0 Å². The number of benzene rings is 1. The SMILES string of the molecule is Cc1nc(CNCc2cccc(F)c2N)cs1. The van der Waals surface area contributed by atoms with Crippen LogP contribution in [0, 0.1) is 12.7 Å². The van der Waals surface area contributed by atoms with Gasteiger partial charge in [0.15, 0.2) is 0 Å². The van der Waals surface area contributed by atoms with Crippen LogP contribution in [0.4, 0.5) is 10.1 Å². The third-order valence-corrected chi connectivity index (χ3v) is 3.25. The molecular formula is C12H14FN3S. The van der Waals surface area contributed by atoms with Gasteiger partial charge in [-0.2, -0.15) is 0 Å². The third kappa shape index (κ3) is 3.01. The van der Waals surface area contributed by atoms with Crippen molar-refractivity contribution in [3.63, 3.8) is 0 Å². The highest BCUT2D eigenvalue weighted by atomic mass is 32.1. The number of nitrogens with zero attached hydrogens (tertiary/aromatic N) is 1. The summed E-state index contributed by atoms with van der Waals surface area (Å²) in [6.07, 6.45) is 0. The van der Waals surface area contributed by atoms with Gasteiger partial charge in [-0.3, -0.25) is 0 Å². The van der Waals surface area contributed by atoms with Crippen LogP contribution in [0.25, 0.3) is 0 Å². The predicted molar refractivity (Wildman–Crippen MR) is 68.2 cm³/mol. The lowest BCUT2D eigenvalue weighted by molar-refractivity contribution is 0.625. The maximum atomic E-state index is 13.2. The van der Waals surface area contributed by atoms with Gasteiger partial charge in [-0.1, -0.05) is 12.1 Å². The van der Waals surface area contributed by atoms with Crippen LogP contribution in [0.2, 0.25) is 0 Å². The van der Waals surface area contributed by atoms with E-state index in [0.29, 0.717) is 13.1 Å². The Morgan fingerprint density at radius 3 is 2.94 bits per heavy atom. The van der Waals surface area contributed by atoms with Crippen LogP contribution in [-0.2, 0) is 13.1 Å². The van der Waals surface area contributed by atoms with Crippen molar-refractivity contribution in [1.82, 2.24) is 10.3 Å². The van der Waals surface area contributed by atoms with Gasteiger partial charge >= 0.3 is 0 Å². The second-order valence-corrected chi connectivity index (χ2v) is 4.84. The molecule has 3 N–H and O–H groups in total. The number of hydrogen-bond acceptors (Lipinski definition) is 4. The van der Waals surface area contributed by atoms with Crippen molar-refractivity contribution in [2.75, 3.05) is 5.73 Å². The van der Waals surface area contributed by atoms with E-state index >= 15 is 0 Å². The van der Waals surface area contributed by atoms with E-state index in [9.17, 15) is 4.39 Å². The molecule has 2 aromatic rings. The Balaban J connectivity index is 1.92. The van der Waals surface area contributed by atoms with Crippen LogP contribution >= 0.6 is 11.3 Å². The van der Waals surface area contributed by atoms with Gasteiger partial charge in [0.2, 0.25) is 0 Å². The summed E-state index contributed by atoms with van der Waals surface area (Å²) in [5.41, 5.74) is 7.63. The van der Waals surface area contributed by atoms with Gasteiger partial charge in [0, 0.05) is 18.5 Å². The number of aromatic nitrogens is 1. The average molecular weight is 251 g/mol. The monoisotopic (exact) mass is 251 g/mol. The van der Waals surface area contributed by atoms with Crippen LogP contribution in [0.3, 0.4) is 0 Å². The molecular weight excluding hydrogens is 237 g/mol. The van der Waals surface area contributed by atoms with E-state index in [-0.39, 0.29) is 11.5 Å². The number of rotatable bonds is 4. The lowest BCUT2D eigenvalue weighted by atomic mass is 10.1. The molecule has 1 aromatic carbocycles. The van der Waals surface area contributed by atoms with Crippen molar-refractivity contribution in [1.29, 1.82) is 0 Å². The van der Waals surface area contributed by atoms with Gasteiger partial charge in [0.25, 0.3) is 0 Å². The first-order chi connectivity index (χ1) is 8.16. The highest BCUT2D eigenvalue weighted by Crippen LogP contribution is 2.15. The number of halogens is 1. The van der Waals surface area contributed by atoms with Crippen LogP contribution in [0.15, 0.2) is 23.6 Å². The van der Waals surface area contributed by atoms with Gasteiger partial charge in [-0.15, -0.1) is 11.3 Å². The van der Waals surface area contributed by atoms with Gasteiger partial charge in [-0.05, 0) is 18.6 Å². The summed E-state index contributed by atoms with van der Waals surface area (Å²) >= 11 is 1.62. The number of thiazole rings is 1. The molecule has 0 atom stereocenters. The Kier molecular flexibility index (Phi) is 3.71. The molecule has 17 heavy (non-hydrogen) atoms. The summed E-state index contributed by atoms with van der Waals surface area (Å²) in [5.74, 6) is -0.367. The molecule has 0 aliphatic rings. The number of nitrogens with two attached hydrogens (primary N) is 1. The standard InChI is InChI=1S/C12H14FN3S/c1-8-16-10(7-17-8)6-15-5-9-3-2-4-11(13)12(9)14/h2-4,7,15H,5-6,14H2,1H3. The first-order valence-electron chi connectivity index (χ1n) is 5.31. The molecule has 0 radical (unpaired) electrons. The normalized spacial score (nSPS) is 10.7. The third-order valence-electron chi connectivity index (χ3n) is 2.43. The molecule has 1 aromatic heterocycles. The van der Waals surface area contributed by atoms with E-state index in [1.54, 1.807) is 17.4 Å². The van der Waals surface area contributed by atoms with E-state index in [1.165, 1.54) is 6.07 Å². The Morgan fingerprint density at radius 2 is 2.24 bits per heavy atom. The zero-order valence-corrected chi connectivity index (χ0v) is 10.4.